The molecule has 0 saturated carbocycles. The zero-order valence-corrected chi connectivity index (χ0v) is 9.09. The fraction of sp³-hybridized carbons (Fsp3) is 0.455. The highest BCUT2D eigenvalue weighted by molar-refractivity contribution is 5.32. The largest absolute Gasteiger partial charge is 0.378 e. The van der Waals surface area contributed by atoms with Crippen LogP contribution in [-0.4, -0.2) is 37.7 Å². The van der Waals surface area contributed by atoms with Gasteiger partial charge in [-0.3, -0.25) is 0 Å². The minimum atomic E-state index is -0.677. The first-order chi connectivity index (χ1) is 7.70. The van der Waals surface area contributed by atoms with E-state index in [9.17, 15) is 8.78 Å². The van der Waals surface area contributed by atoms with E-state index in [2.05, 4.69) is 6.58 Å². The van der Waals surface area contributed by atoms with Crippen molar-refractivity contribution in [3.05, 3.63) is 36.1 Å². The lowest BCUT2D eigenvalue weighted by Crippen LogP contribution is -2.36. The highest BCUT2D eigenvalue weighted by Gasteiger charge is 2.20. The van der Waals surface area contributed by atoms with Crippen molar-refractivity contribution in [2.45, 2.75) is 0 Å². The summed E-state index contributed by atoms with van der Waals surface area (Å²) in [6.45, 7) is 5.18. The molecule has 0 bridgehead atoms. The lowest BCUT2D eigenvalue weighted by Gasteiger charge is -2.30. The molecule has 1 aliphatic heterocycles. The van der Waals surface area contributed by atoms with Gasteiger partial charge in [-0.2, -0.15) is 0 Å². The van der Waals surface area contributed by atoms with Crippen LogP contribution in [0.2, 0.25) is 0 Å². The van der Waals surface area contributed by atoms with Crippen LogP contribution in [0.5, 0.6) is 0 Å². The molecule has 3 nitrogen and oxygen atoms in total. The highest BCUT2D eigenvalue weighted by Crippen LogP contribution is 2.23. The number of rotatable bonds is 4. The molecule has 0 unspecified atom stereocenters. The molecule has 0 amide bonds. The first-order valence-corrected chi connectivity index (χ1v) is 5.11. The van der Waals surface area contributed by atoms with Gasteiger partial charge in [0.15, 0.2) is 0 Å². The van der Waals surface area contributed by atoms with Gasteiger partial charge in [-0.1, -0.05) is 6.58 Å². The third kappa shape index (κ3) is 3.15. The van der Waals surface area contributed by atoms with Crippen LogP contribution in [0, 0.1) is 0 Å². The Morgan fingerprint density at radius 3 is 2.50 bits per heavy atom. The molecule has 16 heavy (non-hydrogen) atoms. The Hall–Kier alpha value is -1.20. The number of morpholine rings is 1. The number of hydrogen-bond acceptors (Lipinski definition) is 3. The summed E-state index contributed by atoms with van der Waals surface area (Å²) >= 11 is 0. The van der Waals surface area contributed by atoms with Gasteiger partial charge in [-0.25, -0.2) is 8.78 Å². The van der Waals surface area contributed by atoms with Crippen LogP contribution in [0.15, 0.2) is 36.1 Å². The van der Waals surface area contributed by atoms with Gasteiger partial charge in [-0.15, -0.1) is 0 Å². The van der Waals surface area contributed by atoms with E-state index < -0.39 is 11.7 Å². The second kappa shape index (κ2) is 6.40. The first-order valence-electron chi connectivity index (χ1n) is 5.11. The van der Waals surface area contributed by atoms with E-state index in [0.717, 1.165) is 12.2 Å². The summed E-state index contributed by atoms with van der Waals surface area (Å²) in [6, 6.07) is 0. The number of allylic oxidation sites excluding steroid dienone is 3. The third-order valence-corrected chi connectivity index (χ3v) is 2.26. The molecule has 0 aliphatic carbocycles. The molecule has 0 spiro atoms. The maximum atomic E-state index is 13.6. The molecular weight excluding hydrogens is 214 g/mol. The van der Waals surface area contributed by atoms with Crippen molar-refractivity contribution in [2.24, 2.45) is 5.73 Å². The van der Waals surface area contributed by atoms with E-state index in [-0.39, 0.29) is 12.2 Å². The molecule has 0 aromatic carbocycles. The summed E-state index contributed by atoms with van der Waals surface area (Å²) in [5, 5.41) is 0. The van der Waals surface area contributed by atoms with Crippen LogP contribution in [0.25, 0.3) is 0 Å². The van der Waals surface area contributed by atoms with Crippen molar-refractivity contribution in [3.8, 4) is 0 Å². The fourth-order valence-electron chi connectivity index (χ4n) is 1.50. The molecule has 0 aromatic heterocycles. The number of hydrogen-bond donors (Lipinski definition) is 1. The van der Waals surface area contributed by atoms with Crippen LogP contribution in [0.1, 0.15) is 0 Å². The van der Waals surface area contributed by atoms with Crippen molar-refractivity contribution in [1.82, 2.24) is 4.90 Å². The van der Waals surface area contributed by atoms with Gasteiger partial charge in [0.1, 0.15) is 17.4 Å². The van der Waals surface area contributed by atoms with E-state index in [1.165, 1.54) is 0 Å². The van der Waals surface area contributed by atoms with Crippen LogP contribution < -0.4 is 5.73 Å². The molecule has 2 N–H and O–H groups in total. The Bertz CT molecular complexity index is 307. The Morgan fingerprint density at radius 2 is 2.00 bits per heavy atom. The number of nitrogens with zero attached hydrogens (tertiary/aromatic N) is 1. The van der Waals surface area contributed by atoms with Gasteiger partial charge in [-0.05, 0) is 12.2 Å². The van der Waals surface area contributed by atoms with E-state index in [1.807, 2.05) is 0 Å². The maximum Gasteiger partial charge on any atom is 0.148 e. The molecule has 1 aliphatic rings. The molecule has 0 radical (unpaired) electrons. The number of ether oxygens (including phenoxy) is 1. The van der Waals surface area contributed by atoms with E-state index in [1.54, 1.807) is 4.90 Å². The quantitative estimate of drug-likeness (QED) is 0.744. The van der Waals surface area contributed by atoms with Crippen LogP contribution in [0.4, 0.5) is 8.78 Å². The van der Waals surface area contributed by atoms with E-state index in [4.69, 9.17) is 10.5 Å². The van der Waals surface area contributed by atoms with Crippen molar-refractivity contribution in [3.63, 3.8) is 0 Å². The molecule has 0 aromatic rings. The second-order valence-corrected chi connectivity index (χ2v) is 3.29. The van der Waals surface area contributed by atoms with Gasteiger partial charge in [0.05, 0.1) is 13.2 Å². The van der Waals surface area contributed by atoms with Gasteiger partial charge in [0, 0.05) is 19.6 Å². The fourth-order valence-corrected chi connectivity index (χ4v) is 1.50. The summed E-state index contributed by atoms with van der Waals surface area (Å²) in [5.74, 6) is -1.33. The average Bonchev–Trinajstić information content (AvgIpc) is 2.31. The normalized spacial score (nSPS) is 19.4. The minimum absolute atomic E-state index is 0.0318. The zero-order chi connectivity index (χ0) is 12.0. The average molecular weight is 230 g/mol. The van der Waals surface area contributed by atoms with E-state index >= 15 is 0 Å². The smallest absolute Gasteiger partial charge is 0.148 e. The Kier molecular flexibility index (Phi) is 5.14. The topological polar surface area (TPSA) is 38.5 Å². The van der Waals surface area contributed by atoms with Crippen molar-refractivity contribution in [1.29, 1.82) is 0 Å². The Labute approximate surface area is 93.9 Å². The van der Waals surface area contributed by atoms with Crippen molar-refractivity contribution in [2.75, 3.05) is 32.8 Å². The molecule has 1 saturated heterocycles. The van der Waals surface area contributed by atoms with Gasteiger partial charge >= 0.3 is 0 Å². The van der Waals surface area contributed by atoms with Gasteiger partial charge in [0.2, 0.25) is 0 Å². The van der Waals surface area contributed by atoms with E-state index in [0.29, 0.717) is 26.3 Å². The Morgan fingerprint density at radius 1 is 1.38 bits per heavy atom. The monoisotopic (exact) mass is 230 g/mol. The molecule has 5 heteroatoms. The zero-order valence-electron chi connectivity index (χ0n) is 9.09. The number of halogens is 2. The maximum absolute atomic E-state index is 13.6. The summed E-state index contributed by atoms with van der Waals surface area (Å²) in [5.41, 5.74) is 5.13. The predicted octanol–water partition coefficient (Wildman–Crippen LogP) is 1.50. The third-order valence-electron chi connectivity index (χ3n) is 2.26. The minimum Gasteiger partial charge on any atom is -0.378 e. The number of nitrogens with two attached hydrogens (primary N) is 1. The summed E-state index contributed by atoms with van der Waals surface area (Å²) in [6.07, 6.45) is 2.14. The molecule has 1 fully saturated rings. The summed E-state index contributed by atoms with van der Waals surface area (Å²) < 4.78 is 32.3. The van der Waals surface area contributed by atoms with Gasteiger partial charge in [0.25, 0.3) is 0 Å². The molecule has 90 valence electrons. The second-order valence-electron chi connectivity index (χ2n) is 3.29. The van der Waals surface area contributed by atoms with Crippen LogP contribution >= 0.6 is 0 Å². The summed E-state index contributed by atoms with van der Waals surface area (Å²) in [7, 11) is 0. The predicted molar refractivity (Wildman–Crippen MR) is 59.0 cm³/mol. The van der Waals surface area contributed by atoms with Crippen molar-refractivity contribution < 1.29 is 13.5 Å². The van der Waals surface area contributed by atoms with Crippen molar-refractivity contribution >= 4 is 0 Å². The Balaban J connectivity index is 2.95. The molecular formula is C11H16F2N2O. The van der Waals surface area contributed by atoms with Gasteiger partial charge < -0.3 is 15.4 Å². The molecule has 1 rings (SSSR count). The highest BCUT2D eigenvalue weighted by atomic mass is 19.1. The van der Waals surface area contributed by atoms with Crippen LogP contribution in [0.3, 0.4) is 0 Å². The summed E-state index contributed by atoms with van der Waals surface area (Å²) in [4.78, 5) is 1.60. The standard InChI is InChI=1S/C11H16F2N2O/c1-2-9(12)11(10(13)3-4-14)15-5-7-16-8-6-15/h2-3H,1,4-8,14H2/b10-3+,11-9-. The SMILES string of the molecule is C=C/C(F)=C(\C(F)=C/CN)N1CCOCC1. The lowest BCUT2D eigenvalue weighted by molar-refractivity contribution is 0.0524. The molecule has 1 heterocycles. The molecule has 0 atom stereocenters. The lowest BCUT2D eigenvalue weighted by atomic mass is 10.2. The first kappa shape index (κ1) is 12.9. The van der Waals surface area contributed by atoms with Crippen LogP contribution in [-0.2, 0) is 4.74 Å².